The summed E-state index contributed by atoms with van der Waals surface area (Å²) < 4.78 is 221. The molecule has 0 aromatic heterocycles. The summed E-state index contributed by atoms with van der Waals surface area (Å²) in [7, 11) is -8.04. The van der Waals surface area contributed by atoms with Gasteiger partial charge in [0.15, 0.2) is 0 Å². The molecular weight excluding hydrogens is 480 g/mol. The Balaban J connectivity index is 5.97. The molecule has 0 aromatic carbocycles. The predicted octanol–water partition coefficient (Wildman–Crippen LogP) is 4.59. The monoisotopic (exact) mass is 482 g/mol. The average Bonchev–Trinajstić information content (AvgIpc) is 2.42. The smallest absolute Gasteiger partial charge is 0.259 e. The summed E-state index contributed by atoms with van der Waals surface area (Å²) in [6.45, 7) is -3.97. The highest BCUT2D eigenvalue weighted by Crippen LogP contribution is 2.55. The molecule has 3 nitrogen and oxygen atoms in total. The lowest BCUT2D eigenvalue weighted by atomic mass is 10.1. The van der Waals surface area contributed by atoms with Crippen molar-refractivity contribution in [2.24, 2.45) is 0 Å². The van der Waals surface area contributed by atoms with Crippen LogP contribution in [0.15, 0.2) is 0 Å². The molecule has 0 spiro atoms. The molecule has 28 heavy (non-hydrogen) atoms. The lowest BCUT2D eigenvalue weighted by Crippen LogP contribution is -2.63. The molecule has 0 radical (unpaired) electrons. The van der Waals surface area contributed by atoms with E-state index in [2.05, 4.69) is 4.18 Å². The van der Waals surface area contributed by atoms with Gasteiger partial charge in [-0.15, -0.1) is 0 Å². The first-order valence-corrected chi connectivity index (χ1v) is 7.03. The quantitative estimate of drug-likeness (QED) is 0.394. The zero-order chi connectivity index (χ0) is 23.4. The Labute approximate surface area is 142 Å². The molecule has 0 fully saturated rings. The van der Waals surface area contributed by atoms with Crippen LogP contribution in [0.25, 0.3) is 0 Å². The van der Waals surface area contributed by atoms with E-state index in [1.165, 1.54) is 0 Å². The van der Waals surface area contributed by atoms with Crippen molar-refractivity contribution < 1.29 is 82.8 Å². The summed E-state index contributed by atoms with van der Waals surface area (Å²) in [4.78, 5) is 0. The number of hydrogen-bond acceptors (Lipinski definition) is 3. The van der Waals surface area contributed by atoms with Crippen molar-refractivity contribution in [3.63, 3.8) is 0 Å². The maximum Gasteiger partial charge on any atom is 0.460 e. The molecule has 0 bridgehead atoms. The molecule has 0 unspecified atom stereocenters. The summed E-state index contributed by atoms with van der Waals surface area (Å²) in [6, 6.07) is 0. The second-order valence-corrected chi connectivity index (χ2v) is 6.31. The molecule has 0 saturated heterocycles. The van der Waals surface area contributed by atoms with Crippen molar-refractivity contribution >= 4 is 10.1 Å². The highest BCUT2D eigenvalue weighted by atomic mass is 32.2. The van der Waals surface area contributed by atoms with Crippen molar-refractivity contribution in [1.29, 1.82) is 0 Å². The lowest BCUT2D eigenvalue weighted by Gasteiger charge is -2.33. The third kappa shape index (κ3) is 3.92. The molecular formula is C8H2F16O3S. The van der Waals surface area contributed by atoms with Gasteiger partial charge >= 0.3 is 51.4 Å². The SMILES string of the molecule is O=S(=O)(OCC(F)(F)C(F)(F)C(F)(F)F)C(F)(F)C(F)(F)C(F)(F)C(F)(F)F. The van der Waals surface area contributed by atoms with Gasteiger partial charge in [-0.2, -0.15) is 78.7 Å². The zero-order valence-electron chi connectivity index (χ0n) is 11.9. The lowest BCUT2D eigenvalue weighted by molar-refractivity contribution is -0.383. The fourth-order valence-electron chi connectivity index (χ4n) is 1.04. The highest BCUT2D eigenvalue weighted by molar-refractivity contribution is 7.87. The van der Waals surface area contributed by atoms with Gasteiger partial charge in [-0.3, -0.25) is 4.18 Å². The Hall–Kier alpha value is -1.21. The molecule has 0 heterocycles. The maximum absolute atomic E-state index is 13.0. The minimum atomic E-state index is -8.04. The van der Waals surface area contributed by atoms with E-state index in [4.69, 9.17) is 0 Å². The topological polar surface area (TPSA) is 43.4 Å². The van der Waals surface area contributed by atoms with E-state index in [0.717, 1.165) is 0 Å². The van der Waals surface area contributed by atoms with Crippen LogP contribution < -0.4 is 0 Å². The van der Waals surface area contributed by atoms with Crippen molar-refractivity contribution in [3.05, 3.63) is 0 Å². The van der Waals surface area contributed by atoms with Crippen LogP contribution in [-0.4, -0.2) is 56.3 Å². The van der Waals surface area contributed by atoms with Crippen LogP contribution in [0, 0.1) is 0 Å². The van der Waals surface area contributed by atoms with E-state index in [1.54, 1.807) is 0 Å². The Morgan fingerprint density at radius 2 is 0.857 bits per heavy atom. The molecule has 0 saturated carbocycles. The van der Waals surface area contributed by atoms with Crippen molar-refractivity contribution in [2.75, 3.05) is 6.61 Å². The van der Waals surface area contributed by atoms with E-state index in [0.29, 0.717) is 0 Å². The number of halogens is 16. The summed E-state index contributed by atoms with van der Waals surface area (Å²) >= 11 is 0. The second-order valence-electron chi connectivity index (χ2n) is 4.66. The van der Waals surface area contributed by atoms with Crippen LogP contribution in [0.3, 0.4) is 0 Å². The van der Waals surface area contributed by atoms with E-state index < -0.39 is 58.0 Å². The summed E-state index contributed by atoms with van der Waals surface area (Å²) in [5, 5.41) is -7.71. The fraction of sp³-hybridized carbons (Fsp3) is 1.00. The van der Waals surface area contributed by atoms with Gasteiger partial charge in [0.05, 0.1) is 0 Å². The third-order valence-corrected chi connectivity index (χ3v) is 3.95. The molecule has 0 aliphatic heterocycles. The fourth-order valence-corrected chi connectivity index (χ4v) is 1.93. The van der Waals surface area contributed by atoms with Crippen LogP contribution in [0.2, 0.25) is 0 Å². The van der Waals surface area contributed by atoms with Gasteiger partial charge in [0, 0.05) is 0 Å². The first-order chi connectivity index (χ1) is 11.7. The zero-order valence-corrected chi connectivity index (χ0v) is 12.7. The van der Waals surface area contributed by atoms with Crippen LogP contribution >= 0.6 is 0 Å². The van der Waals surface area contributed by atoms with E-state index in [9.17, 15) is 78.7 Å². The third-order valence-electron chi connectivity index (χ3n) is 2.64. The molecule has 170 valence electrons. The largest absolute Gasteiger partial charge is 0.460 e. The van der Waals surface area contributed by atoms with Crippen molar-refractivity contribution in [2.45, 2.75) is 41.3 Å². The van der Waals surface area contributed by atoms with Crippen LogP contribution in [0.5, 0.6) is 0 Å². The van der Waals surface area contributed by atoms with Gasteiger partial charge in [0.1, 0.15) is 6.61 Å². The molecule has 0 N–H and O–H groups in total. The maximum atomic E-state index is 13.0. The van der Waals surface area contributed by atoms with Crippen molar-refractivity contribution in [3.8, 4) is 0 Å². The Bertz CT molecular complexity index is 671. The Morgan fingerprint density at radius 3 is 1.14 bits per heavy atom. The first kappa shape index (κ1) is 26.8. The molecule has 0 atom stereocenters. The number of hydrogen-bond donors (Lipinski definition) is 0. The summed E-state index contributed by atoms with van der Waals surface area (Å²) in [5.41, 5.74) is 0. The molecule has 0 amide bonds. The van der Waals surface area contributed by atoms with Gasteiger partial charge < -0.3 is 0 Å². The second kappa shape index (κ2) is 6.66. The van der Waals surface area contributed by atoms with E-state index in [-0.39, 0.29) is 0 Å². The van der Waals surface area contributed by atoms with E-state index in [1.807, 2.05) is 0 Å². The van der Waals surface area contributed by atoms with Gasteiger partial charge in [0.2, 0.25) is 0 Å². The summed E-state index contributed by atoms with van der Waals surface area (Å²) in [5.74, 6) is -29.8. The summed E-state index contributed by atoms with van der Waals surface area (Å²) in [6.07, 6.45) is -14.7. The highest BCUT2D eigenvalue weighted by Gasteiger charge is 2.86. The van der Waals surface area contributed by atoms with Crippen LogP contribution in [-0.2, 0) is 14.3 Å². The molecule has 0 aliphatic carbocycles. The van der Waals surface area contributed by atoms with Gasteiger partial charge in [0.25, 0.3) is 0 Å². The normalized spacial score (nSPS) is 16.4. The number of rotatable bonds is 7. The number of alkyl halides is 16. The van der Waals surface area contributed by atoms with Crippen LogP contribution in [0.4, 0.5) is 70.2 Å². The molecule has 20 heteroatoms. The predicted molar refractivity (Wildman–Crippen MR) is 51.7 cm³/mol. The Morgan fingerprint density at radius 1 is 0.536 bits per heavy atom. The van der Waals surface area contributed by atoms with Gasteiger partial charge in [-0.05, 0) is 0 Å². The minimum absolute atomic E-state index is 2.15. The van der Waals surface area contributed by atoms with Crippen LogP contribution in [0.1, 0.15) is 0 Å². The molecule has 0 rings (SSSR count). The molecule has 0 aliphatic rings. The standard InChI is InChI=1S/C8H2F16O3S/c9-2(10,3(11,12)6(17,18)19)1-27-28(25,26)8(23,24)5(15,16)4(13,14)7(20,21)22/h1H2. The van der Waals surface area contributed by atoms with E-state index >= 15 is 0 Å². The van der Waals surface area contributed by atoms with Gasteiger partial charge in [-0.1, -0.05) is 0 Å². The molecule has 0 aromatic rings. The van der Waals surface area contributed by atoms with Crippen molar-refractivity contribution in [1.82, 2.24) is 0 Å². The average molecular weight is 482 g/mol. The first-order valence-electron chi connectivity index (χ1n) is 5.62. The van der Waals surface area contributed by atoms with Gasteiger partial charge in [-0.25, -0.2) is 0 Å². The minimum Gasteiger partial charge on any atom is -0.259 e. The Kier molecular flexibility index (Phi) is 6.37.